The van der Waals surface area contributed by atoms with Crippen molar-refractivity contribution in [2.75, 3.05) is 11.1 Å². The number of rotatable bonds is 3. The molecule has 1 amide bonds. The lowest BCUT2D eigenvalue weighted by Crippen LogP contribution is -2.18. The number of pyridine rings is 1. The van der Waals surface area contributed by atoms with Gasteiger partial charge in [-0.1, -0.05) is 0 Å². The first-order valence-corrected chi connectivity index (χ1v) is 6.81. The number of benzene rings is 1. The predicted octanol–water partition coefficient (Wildman–Crippen LogP) is 3.86. The zero-order chi connectivity index (χ0) is 20.6. The number of carbonyl (C=O) groups excluding carboxylic acids is 1. The molecule has 0 spiro atoms. The molecule has 0 bridgehead atoms. The molecule has 2 rings (SSSR count). The number of hydrogen-bond acceptors (Lipinski definition) is 5. The summed E-state index contributed by atoms with van der Waals surface area (Å²) in [6, 6.07) is 2.13. The van der Waals surface area contributed by atoms with Crippen LogP contribution in [0.15, 0.2) is 30.3 Å². The van der Waals surface area contributed by atoms with Gasteiger partial charge in [-0.3, -0.25) is 14.9 Å². The third-order valence-corrected chi connectivity index (χ3v) is 3.19. The van der Waals surface area contributed by atoms with E-state index in [2.05, 4.69) is 4.98 Å². The van der Waals surface area contributed by atoms with E-state index in [9.17, 15) is 41.3 Å². The number of halogens is 6. The molecule has 0 fully saturated rings. The summed E-state index contributed by atoms with van der Waals surface area (Å²) in [6.45, 7) is 0. The van der Waals surface area contributed by atoms with Crippen LogP contribution in [0, 0.1) is 10.1 Å². The second-order valence-electron chi connectivity index (χ2n) is 5.11. The minimum atomic E-state index is -5.12. The Hall–Kier alpha value is -3.38. The lowest BCUT2D eigenvalue weighted by Gasteiger charge is -2.14. The fraction of sp³-hybridized carbons (Fsp3) is 0.143. The lowest BCUT2D eigenvalue weighted by atomic mass is 10.0. The van der Waals surface area contributed by atoms with E-state index in [0.29, 0.717) is 0 Å². The number of hydrogen-bond donors (Lipinski definition) is 2. The number of amides is 1. The van der Waals surface area contributed by atoms with Gasteiger partial charge in [0.15, 0.2) is 0 Å². The topological polar surface area (TPSA) is 111 Å². The van der Waals surface area contributed by atoms with Gasteiger partial charge in [0.1, 0.15) is 5.82 Å². The van der Waals surface area contributed by atoms with E-state index in [1.54, 1.807) is 0 Å². The molecule has 1 aromatic carbocycles. The monoisotopic (exact) mass is 394 g/mol. The maximum Gasteiger partial charge on any atom is 0.416 e. The molecule has 3 N–H and O–H groups in total. The standard InChI is InChI=1S/C14H8F6N4O3/c15-13(16,17)7-3-6(4-8(5-7)14(18,19)20)12(25)23-10-2-1-9(24(26)27)11(21)22-10/h1-5H,(H3,21,22,23,25). The quantitative estimate of drug-likeness (QED) is 0.467. The molecule has 0 aliphatic heterocycles. The molecule has 0 unspecified atom stereocenters. The van der Waals surface area contributed by atoms with Crippen LogP contribution in [-0.2, 0) is 12.4 Å². The molecule has 13 heteroatoms. The number of nitrogens with one attached hydrogen (secondary N) is 1. The van der Waals surface area contributed by atoms with Crippen LogP contribution in [-0.4, -0.2) is 15.8 Å². The number of carbonyl (C=O) groups is 1. The van der Waals surface area contributed by atoms with Crippen molar-refractivity contribution in [1.82, 2.24) is 4.98 Å². The van der Waals surface area contributed by atoms with Gasteiger partial charge in [0.25, 0.3) is 5.91 Å². The molecule has 7 nitrogen and oxygen atoms in total. The van der Waals surface area contributed by atoms with Crippen LogP contribution in [0.1, 0.15) is 21.5 Å². The highest BCUT2D eigenvalue weighted by Gasteiger charge is 2.37. The van der Waals surface area contributed by atoms with E-state index < -0.39 is 57.2 Å². The van der Waals surface area contributed by atoms with Crippen molar-refractivity contribution in [3.8, 4) is 0 Å². The molecule has 0 saturated heterocycles. The summed E-state index contributed by atoms with van der Waals surface area (Å²) in [6.07, 6.45) is -10.2. The minimum absolute atomic E-state index is 0.126. The smallest absolute Gasteiger partial charge is 0.378 e. The van der Waals surface area contributed by atoms with Crippen LogP contribution in [0.25, 0.3) is 0 Å². The second kappa shape index (κ2) is 6.74. The van der Waals surface area contributed by atoms with Gasteiger partial charge >= 0.3 is 18.0 Å². The summed E-state index contributed by atoms with van der Waals surface area (Å²) in [7, 11) is 0. The molecular weight excluding hydrogens is 386 g/mol. The molecule has 2 aromatic rings. The normalized spacial score (nSPS) is 11.9. The summed E-state index contributed by atoms with van der Waals surface area (Å²) >= 11 is 0. The number of anilines is 2. The predicted molar refractivity (Wildman–Crippen MR) is 79.7 cm³/mol. The highest BCUT2D eigenvalue weighted by atomic mass is 19.4. The van der Waals surface area contributed by atoms with Crippen LogP contribution < -0.4 is 11.1 Å². The zero-order valence-corrected chi connectivity index (χ0v) is 12.9. The summed E-state index contributed by atoms with van der Waals surface area (Å²) < 4.78 is 76.8. The molecule has 144 valence electrons. The first-order chi connectivity index (χ1) is 12.3. The average molecular weight is 394 g/mol. The van der Waals surface area contributed by atoms with E-state index in [-0.39, 0.29) is 18.2 Å². The third-order valence-electron chi connectivity index (χ3n) is 3.19. The SMILES string of the molecule is Nc1nc(NC(=O)c2cc(C(F)(F)F)cc(C(F)(F)F)c2)ccc1[N+](=O)[O-]. The van der Waals surface area contributed by atoms with Crippen LogP contribution in [0.2, 0.25) is 0 Å². The summed E-state index contributed by atoms with van der Waals surface area (Å²) in [4.78, 5) is 25.3. The molecule has 1 aromatic heterocycles. The van der Waals surface area contributed by atoms with Gasteiger partial charge in [0.2, 0.25) is 5.82 Å². The van der Waals surface area contributed by atoms with Gasteiger partial charge < -0.3 is 11.1 Å². The Labute approximate surface area is 146 Å². The Morgan fingerprint density at radius 3 is 1.96 bits per heavy atom. The number of alkyl halides is 6. The third kappa shape index (κ3) is 4.62. The molecule has 0 atom stereocenters. The first-order valence-electron chi connectivity index (χ1n) is 6.81. The first kappa shape index (κ1) is 19.9. The van der Waals surface area contributed by atoms with Crippen molar-refractivity contribution in [3.05, 3.63) is 57.1 Å². The number of nitrogen functional groups attached to an aromatic ring is 1. The molecule has 1 heterocycles. The van der Waals surface area contributed by atoms with Gasteiger partial charge in [-0.2, -0.15) is 26.3 Å². The Balaban J connectivity index is 2.41. The van der Waals surface area contributed by atoms with E-state index in [0.717, 1.165) is 12.1 Å². The van der Waals surface area contributed by atoms with Crippen molar-refractivity contribution >= 4 is 23.2 Å². The maximum absolute atomic E-state index is 12.8. The van der Waals surface area contributed by atoms with Gasteiger partial charge in [-0.25, -0.2) is 4.98 Å². The van der Waals surface area contributed by atoms with E-state index >= 15 is 0 Å². The summed E-state index contributed by atoms with van der Waals surface area (Å²) in [5, 5.41) is 12.6. The van der Waals surface area contributed by atoms with Crippen LogP contribution >= 0.6 is 0 Å². The van der Waals surface area contributed by atoms with Gasteiger partial charge in [-0.15, -0.1) is 0 Å². The number of nitrogens with two attached hydrogens (primary N) is 1. The summed E-state index contributed by atoms with van der Waals surface area (Å²) in [5.41, 5.74) is 0.436. The van der Waals surface area contributed by atoms with Crippen molar-refractivity contribution in [2.45, 2.75) is 12.4 Å². The highest BCUT2D eigenvalue weighted by Crippen LogP contribution is 2.36. The minimum Gasteiger partial charge on any atom is -0.378 e. The Kier molecular flexibility index (Phi) is 4.97. The molecule has 0 radical (unpaired) electrons. The van der Waals surface area contributed by atoms with Gasteiger partial charge in [0.05, 0.1) is 16.1 Å². The zero-order valence-electron chi connectivity index (χ0n) is 12.9. The fourth-order valence-electron chi connectivity index (χ4n) is 1.97. The highest BCUT2D eigenvalue weighted by molar-refractivity contribution is 6.04. The Morgan fingerprint density at radius 2 is 1.56 bits per heavy atom. The van der Waals surface area contributed by atoms with E-state index in [4.69, 9.17) is 5.73 Å². The van der Waals surface area contributed by atoms with Gasteiger partial charge in [-0.05, 0) is 24.3 Å². The molecule has 0 aliphatic rings. The largest absolute Gasteiger partial charge is 0.416 e. The van der Waals surface area contributed by atoms with Crippen LogP contribution in [0.5, 0.6) is 0 Å². The lowest BCUT2D eigenvalue weighted by molar-refractivity contribution is -0.384. The van der Waals surface area contributed by atoms with Crippen molar-refractivity contribution in [1.29, 1.82) is 0 Å². The van der Waals surface area contributed by atoms with Crippen molar-refractivity contribution < 1.29 is 36.1 Å². The number of nitrogens with zero attached hydrogens (tertiary/aromatic N) is 2. The second-order valence-corrected chi connectivity index (χ2v) is 5.11. The van der Waals surface area contributed by atoms with Crippen molar-refractivity contribution in [2.24, 2.45) is 0 Å². The van der Waals surface area contributed by atoms with E-state index in [1.807, 2.05) is 5.32 Å². The van der Waals surface area contributed by atoms with Gasteiger partial charge in [0, 0.05) is 11.6 Å². The fourth-order valence-corrected chi connectivity index (χ4v) is 1.97. The molecule has 27 heavy (non-hydrogen) atoms. The number of nitro groups is 1. The molecule has 0 saturated carbocycles. The Morgan fingerprint density at radius 1 is 1.04 bits per heavy atom. The Bertz CT molecular complexity index is 878. The maximum atomic E-state index is 12.8. The van der Waals surface area contributed by atoms with Crippen LogP contribution in [0.4, 0.5) is 43.7 Å². The molecule has 0 aliphatic carbocycles. The summed E-state index contributed by atoms with van der Waals surface area (Å²) in [5.74, 6) is -2.33. The number of aromatic nitrogens is 1. The van der Waals surface area contributed by atoms with E-state index in [1.165, 1.54) is 0 Å². The van der Waals surface area contributed by atoms with Crippen LogP contribution in [0.3, 0.4) is 0 Å². The molecular formula is C14H8F6N4O3. The average Bonchev–Trinajstić information content (AvgIpc) is 2.52. The van der Waals surface area contributed by atoms with Crippen molar-refractivity contribution in [3.63, 3.8) is 0 Å².